The van der Waals surface area contributed by atoms with Crippen LogP contribution in [0.25, 0.3) is 0 Å². The number of fused-ring (bicyclic) bond motifs is 1. The Morgan fingerprint density at radius 3 is 3.00 bits per heavy atom. The average Bonchev–Trinajstić information content (AvgIpc) is 2.93. The number of carbonyl (C=O) groups is 1. The zero-order valence-corrected chi connectivity index (χ0v) is 13.2. The van der Waals surface area contributed by atoms with E-state index in [1.807, 2.05) is 16.7 Å². The molecule has 0 spiro atoms. The van der Waals surface area contributed by atoms with Crippen LogP contribution in [-0.4, -0.2) is 53.6 Å². The van der Waals surface area contributed by atoms with Gasteiger partial charge < -0.3 is 10.0 Å². The van der Waals surface area contributed by atoms with Crippen LogP contribution in [0.3, 0.4) is 0 Å². The second-order valence-corrected chi connectivity index (χ2v) is 6.15. The van der Waals surface area contributed by atoms with Crippen LogP contribution in [-0.2, 0) is 11.2 Å². The van der Waals surface area contributed by atoms with Crippen molar-refractivity contribution in [3.8, 4) is 0 Å². The Morgan fingerprint density at radius 2 is 2.35 bits per heavy atom. The van der Waals surface area contributed by atoms with Crippen LogP contribution in [0.4, 0.5) is 0 Å². The standard InChI is InChI=1S/C15H24N2O2S/c1-3-13-12-6-10-20-14(12)5-7-17(13)15(19)11-16(4-2)8-9-18/h6,10,13,18H,3-5,7-9,11H2,1-2H3. The Bertz CT molecular complexity index is 447. The summed E-state index contributed by atoms with van der Waals surface area (Å²) in [5.74, 6) is 0.184. The predicted molar refractivity (Wildman–Crippen MR) is 82.0 cm³/mol. The van der Waals surface area contributed by atoms with Gasteiger partial charge in [-0.3, -0.25) is 9.69 Å². The highest BCUT2D eigenvalue weighted by molar-refractivity contribution is 7.10. The summed E-state index contributed by atoms with van der Waals surface area (Å²) in [6.07, 6.45) is 1.93. The molecule has 1 aliphatic heterocycles. The molecular weight excluding hydrogens is 272 g/mol. The minimum absolute atomic E-state index is 0.104. The van der Waals surface area contributed by atoms with Crippen molar-refractivity contribution in [1.29, 1.82) is 0 Å². The van der Waals surface area contributed by atoms with Gasteiger partial charge in [0.2, 0.25) is 5.91 Å². The molecule has 1 amide bonds. The number of hydrogen-bond acceptors (Lipinski definition) is 4. The van der Waals surface area contributed by atoms with Crippen molar-refractivity contribution in [1.82, 2.24) is 9.80 Å². The Hall–Kier alpha value is -0.910. The van der Waals surface area contributed by atoms with E-state index < -0.39 is 0 Å². The number of likely N-dealkylation sites (N-methyl/N-ethyl adjacent to an activating group) is 1. The van der Waals surface area contributed by atoms with Crippen LogP contribution < -0.4 is 0 Å². The molecule has 1 N–H and O–H groups in total. The number of aliphatic hydroxyl groups is 1. The lowest BCUT2D eigenvalue weighted by Crippen LogP contribution is -2.45. The lowest BCUT2D eigenvalue weighted by atomic mass is 9.97. The van der Waals surface area contributed by atoms with E-state index in [-0.39, 0.29) is 18.6 Å². The topological polar surface area (TPSA) is 43.8 Å². The first-order valence-corrected chi connectivity index (χ1v) is 8.28. The highest BCUT2D eigenvalue weighted by Crippen LogP contribution is 2.35. The third-order valence-corrected chi connectivity index (χ3v) is 5.02. The first-order valence-electron chi connectivity index (χ1n) is 7.40. The summed E-state index contributed by atoms with van der Waals surface area (Å²) in [5.41, 5.74) is 1.34. The zero-order chi connectivity index (χ0) is 14.5. The molecule has 20 heavy (non-hydrogen) atoms. The van der Waals surface area contributed by atoms with Gasteiger partial charge in [0.15, 0.2) is 0 Å². The lowest BCUT2D eigenvalue weighted by Gasteiger charge is -2.36. The molecule has 0 saturated carbocycles. The van der Waals surface area contributed by atoms with E-state index in [1.54, 1.807) is 11.3 Å². The molecule has 0 saturated heterocycles. The summed E-state index contributed by atoms with van der Waals surface area (Å²) >= 11 is 1.80. The molecule has 0 bridgehead atoms. The number of hydrogen-bond donors (Lipinski definition) is 1. The number of amides is 1. The van der Waals surface area contributed by atoms with E-state index in [9.17, 15) is 4.79 Å². The van der Waals surface area contributed by atoms with Crippen molar-refractivity contribution in [2.45, 2.75) is 32.7 Å². The summed E-state index contributed by atoms with van der Waals surface area (Å²) in [4.78, 5) is 18.0. The van der Waals surface area contributed by atoms with Crippen molar-refractivity contribution in [3.05, 3.63) is 21.9 Å². The van der Waals surface area contributed by atoms with Crippen LogP contribution in [0, 0.1) is 0 Å². The molecule has 0 fully saturated rings. The number of thiophene rings is 1. The number of nitrogens with zero attached hydrogens (tertiary/aromatic N) is 2. The molecule has 1 aromatic heterocycles. The molecule has 112 valence electrons. The first kappa shape index (κ1) is 15.5. The van der Waals surface area contributed by atoms with Crippen molar-refractivity contribution in [2.75, 3.05) is 32.8 Å². The Morgan fingerprint density at radius 1 is 1.55 bits per heavy atom. The molecule has 1 aromatic rings. The lowest BCUT2D eigenvalue weighted by molar-refractivity contribution is -0.135. The SMILES string of the molecule is CCC1c2ccsc2CCN1C(=O)CN(CC)CCO. The molecular formula is C15H24N2O2S. The van der Waals surface area contributed by atoms with Gasteiger partial charge in [0.05, 0.1) is 19.2 Å². The van der Waals surface area contributed by atoms with Crippen LogP contribution in [0.5, 0.6) is 0 Å². The third-order valence-electron chi connectivity index (χ3n) is 4.02. The van der Waals surface area contributed by atoms with Gasteiger partial charge >= 0.3 is 0 Å². The second-order valence-electron chi connectivity index (χ2n) is 5.15. The van der Waals surface area contributed by atoms with Crippen LogP contribution in [0.1, 0.15) is 36.8 Å². The molecule has 1 unspecified atom stereocenters. The zero-order valence-electron chi connectivity index (χ0n) is 12.3. The van der Waals surface area contributed by atoms with Crippen LogP contribution in [0.15, 0.2) is 11.4 Å². The van der Waals surface area contributed by atoms with E-state index in [0.717, 1.165) is 25.9 Å². The fraction of sp³-hybridized carbons (Fsp3) is 0.667. The monoisotopic (exact) mass is 296 g/mol. The summed E-state index contributed by atoms with van der Waals surface area (Å²) in [6.45, 7) is 6.86. The molecule has 1 aliphatic rings. The maximum Gasteiger partial charge on any atom is 0.237 e. The molecule has 1 atom stereocenters. The van der Waals surface area contributed by atoms with Gasteiger partial charge in [0.1, 0.15) is 0 Å². The average molecular weight is 296 g/mol. The number of rotatable bonds is 6. The van der Waals surface area contributed by atoms with E-state index in [1.165, 1.54) is 10.4 Å². The summed E-state index contributed by atoms with van der Waals surface area (Å²) in [6, 6.07) is 2.39. The highest BCUT2D eigenvalue weighted by Gasteiger charge is 2.30. The van der Waals surface area contributed by atoms with E-state index in [4.69, 9.17) is 5.11 Å². The summed E-state index contributed by atoms with van der Waals surface area (Å²) < 4.78 is 0. The maximum absolute atomic E-state index is 12.5. The molecule has 0 aromatic carbocycles. The Kier molecular flexibility index (Phi) is 5.57. The van der Waals surface area contributed by atoms with Crippen molar-refractivity contribution < 1.29 is 9.90 Å². The molecule has 4 nitrogen and oxygen atoms in total. The van der Waals surface area contributed by atoms with E-state index in [2.05, 4.69) is 18.4 Å². The van der Waals surface area contributed by atoms with Crippen LogP contribution in [0.2, 0.25) is 0 Å². The summed E-state index contributed by atoms with van der Waals surface area (Å²) in [7, 11) is 0. The summed E-state index contributed by atoms with van der Waals surface area (Å²) in [5, 5.41) is 11.2. The quantitative estimate of drug-likeness (QED) is 0.872. The van der Waals surface area contributed by atoms with Gasteiger partial charge in [-0.25, -0.2) is 0 Å². The largest absolute Gasteiger partial charge is 0.395 e. The fourth-order valence-electron chi connectivity index (χ4n) is 2.91. The smallest absolute Gasteiger partial charge is 0.237 e. The van der Waals surface area contributed by atoms with Crippen LogP contribution >= 0.6 is 11.3 Å². The van der Waals surface area contributed by atoms with Gasteiger partial charge in [-0.15, -0.1) is 11.3 Å². The second kappa shape index (κ2) is 7.20. The third kappa shape index (κ3) is 3.22. The number of carbonyl (C=O) groups excluding carboxylic acids is 1. The maximum atomic E-state index is 12.5. The van der Waals surface area contributed by atoms with E-state index >= 15 is 0 Å². The molecule has 5 heteroatoms. The van der Waals surface area contributed by atoms with Gasteiger partial charge in [-0.2, -0.15) is 0 Å². The minimum atomic E-state index is 0.104. The van der Waals surface area contributed by atoms with Gasteiger partial charge in [-0.1, -0.05) is 13.8 Å². The minimum Gasteiger partial charge on any atom is -0.395 e. The Labute approximate surface area is 125 Å². The van der Waals surface area contributed by atoms with Crippen molar-refractivity contribution in [2.24, 2.45) is 0 Å². The van der Waals surface area contributed by atoms with Gasteiger partial charge in [0.25, 0.3) is 0 Å². The Balaban J connectivity index is 2.06. The highest BCUT2D eigenvalue weighted by atomic mass is 32.1. The molecule has 0 aliphatic carbocycles. The normalized spacial score (nSPS) is 18.4. The predicted octanol–water partition coefficient (Wildman–Crippen LogP) is 1.90. The molecule has 2 rings (SSSR count). The van der Waals surface area contributed by atoms with E-state index in [0.29, 0.717) is 13.1 Å². The van der Waals surface area contributed by atoms with Gasteiger partial charge in [-0.05, 0) is 36.4 Å². The fourth-order valence-corrected chi connectivity index (χ4v) is 3.84. The van der Waals surface area contributed by atoms with Crippen molar-refractivity contribution >= 4 is 17.2 Å². The van der Waals surface area contributed by atoms with Gasteiger partial charge in [0, 0.05) is 18.0 Å². The number of aliphatic hydroxyl groups excluding tert-OH is 1. The molecule has 2 heterocycles. The first-order chi connectivity index (χ1) is 9.71. The molecule has 0 radical (unpaired) electrons. The van der Waals surface area contributed by atoms with Crippen molar-refractivity contribution in [3.63, 3.8) is 0 Å².